The molecule has 4 N–H and O–H groups in total. The number of carbonyl (C=O) groups is 2. The summed E-state index contributed by atoms with van der Waals surface area (Å²) < 4.78 is 0. The average molecular weight is 285 g/mol. The number of nitrogens with two attached hydrogens (primary N) is 1. The van der Waals surface area contributed by atoms with Crippen LogP contribution in [0.3, 0.4) is 0 Å². The summed E-state index contributed by atoms with van der Waals surface area (Å²) in [7, 11) is 0. The Hall–Kier alpha value is -1.47. The number of carboxylic acid groups (broad SMARTS) is 1. The molecule has 6 nitrogen and oxygen atoms in total. The first kappa shape index (κ1) is 15.6. The maximum Gasteiger partial charge on any atom is 0.326 e. The van der Waals surface area contributed by atoms with Gasteiger partial charge in [0.05, 0.1) is 5.01 Å². The number of carbonyl (C=O) groups excluding carboxylic acids is 1. The minimum Gasteiger partial charge on any atom is -0.480 e. The zero-order chi connectivity index (χ0) is 14.4. The molecule has 2 atom stereocenters. The standard InChI is InChI=1S/C12H19N3O3S/c1-3-7(2)10(12(17)18)15-11(16)8-6-19-9(14-8)4-5-13/h6-7,10H,3-5,13H2,1-2H3,(H,15,16)(H,17,18)/t7?,10-/m0/s1. The fraction of sp³-hybridized carbons (Fsp3) is 0.583. The minimum absolute atomic E-state index is 0.136. The second kappa shape index (κ2) is 7.20. The van der Waals surface area contributed by atoms with Crippen LogP contribution in [0.15, 0.2) is 5.38 Å². The fourth-order valence-electron chi connectivity index (χ4n) is 1.55. The molecule has 1 aromatic rings. The van der Waals surface area contributed by atoms with Gasteiger partial charge >= 0.3 is 5.97 Å². The Morgan fingerprint density at radius 1 is 1.58 bits per heavy atom. The van der Waals surface area contributed by atoms with Gasteiger partial charge in [0, 0.05) is 11.8 Å². The Morgan fingerprint density at radius 3 is 2.79 bits per heavy atom. The molecule has 0 aliphatic carbocycles. The first-order valence-electron chi connectivity index (χ1n) is 6.17. The van der Waals surface area contributed by atoms with Crippen molar-refractivity contribution in [3.63, 3.8) is 0 Å². The molecule has 1 aromatic heterocycles. The van der Waals surface area contributed by atoms with Gasteiger partial charge in [-0.25, -0.2) is 9.78 Å². The van der Waals surface area contributed by atoms with Gasteiger partial charge in [-0.3, -0.25) is 4.79 Å². The van der Waals surface area contributed by atoms with Gasteiger partial charge in [-0.15, -0.1) is 11.3 Å². The van der Waals surface area contributed by atoms with Crippen LogP contribution in [0.1, 0.15) is 35.8 Å². The number of nitrogens with zero attached hydrogens (tertiary/aromatic N) is 1. The highest BCUT2D eigenvalue weighted by Crippen LogP contribution is 2.12. The molecule has 0 spiro atoms. The van der Waals surface area contributed by atoms with Crippen molar-refractivity contribution < 1.29 is 14.7 Å². The Kier molecular flexibility index (Phi) is 5.91. The number of carboxylic acids is 1. The minimum atomic E-state index is -1.03. The summed E-state index contributed by atoms with van der Waals surface area (Å²) in [6.07, 6.45) is 1.29. The normalized spacial score (nSPS) is 13.8. The zero-order valence-corrected chi connectivity index (χ0v) is 11.9. The first-order chi connectivity index (χ1) is 8.99. The van der Waals surface area contributed by atoms with Crippen molar-refractivity contribution in [3.8, 4) is 0 Å². The van der Waals surface area contributed by atoms with Crippen LogP contribution >= 0.6 is 11.3 Å². The molecule has 0 bridgehead atoms. The third-order valence-corrected chi connectivity index (χ3v) is 3.82. The van der Waals surface area contributed by atoms with Gasteiger partial charge in [0.15, 0.2) is 0 Å². The SMILES string of the molecule is CCC(C)[C@H](NC(=O)c1csc(CCN)n1)C(=O)O. The molecular weight excluding hydrogens is 266 g/mol. The molecule has 0 aromatic carbocycles. The Bertz CT molecular complexity index is 447. The van der Waals surface area contributed by atoms with Crippen molar-refractivity contribution in [2.45, 2.75) is 32.7 Å². The predicted molar refractivity (Wildman–Crippen MR) is 73.2 cm³/mol. The number of aromatic nitrogens is 1. The third kappa shape index (κ3) is 4.29. The number of hydrogen-bond donors (Lipinski definition) is 3. The topological polar surface area (TPSA) is 105 Å². The summed E-state index contributed by atoms with van der Waals surface area (Å²) in [5, 5.41) is 14.0. The van der Waals surface area contributed by atoms with Crippen molar-refractivity contribution >= 4 is 23.2 Å². The molecule has 1 unspecified atom stereocenters. The van der Waals surface area contributed by atoms with E-state index >= 15 is 0 Å². The second-order valence-electron chi connectivity index (χ2n) is 4.34. The fourth-order valence-corrected chi connectivity index (χ4v) is 2.35. The number of thiazole rings is 1. The van der Waals surface area contributed by atoms with E-state index < -0.39 is 17.9 Å². The Morgan fingerprint density at radius 2 is 2.26 bits per heavy atom. The van der Waals surface area contributed by atoms with Gasteiger partial charge in [-0.1, -0.05) is 20.3 Å². The van der Waals surface area contributed by atoms with Crippen LogP contribution in [-0.2, 0) is 11.2 Å². The lowest BCUT2D eigenvalue weighted by Gasteiger charge is -2.19. The quantitative estimate of drug-likeness (QED) is 0.689. The van der Waals surface area contributed by atoms with Crippen LogP contribution in [0.25, 0.3) is 0 Å². The average Bonchev–Trinajstić information content (AvgIpc) is 2.83. The third-order valence-electron chi connectivity index (χ3n) is 2.91. The van der Waals surface area contributed by atoms with Gasteiger partial charge in [0.1, 0.15) is 11.7 Å². The molecule has 0 saturated carbocycles. The summed E-state index contributed by atoms with van der Waals surface area (Å²) in [6, 6.07) is -0.892. The maximum absolute atomic E-state index is 11.9. The molecular formula is C12H19N3O3S. The van der Waals surface area contributed by atoms with Crippen molar-refractivity contribution in [1.29, 1.82) is 0 Å². The highest BCUT2D eigenvalue weighted by Gasteiger charge is 2.26. The van der Waals surface area contributed by atoms with Crippen LogP contribution in [0.5, 0.6) is 0 Å². The second-order valence-corrected chi connectivity index (χ2v) is 5.28. The molecule has 0 aliphatic heterocycles. The van der Waals surface area contributed by atoms with Crippen LogP contribution in [-0.4, -0.2) is 34.6 Å². The molecule has 7 heteroatoms. The number of aliphatic carboxylic acids is 1. The summed E-state index contributed by atoms with van der Waals surface area (Å²) >= 11 is 1.35. The van der Waals surface area contributed by atoms with E-state index in [1.54, 1.807) is 12.3 Å². The Labute approximate surface area is 116 Å². The lowest BCUT2D eigenvalue weighted by atomic mass is 9.99. The van der Waals surface area contributed by atoms with E-state index in [-0.39, 0.29) is 11.6 Å². The molecule has 1 rings (SSSR count). The van der Waals surface area contributed by atoms with Crippen LogP contribution in [0, 0.1) is 5.92 Å². The molecule has 106 valence electrons. The highest BCUT2D eigenvalue weighted by molar-refractivity contribution is 7.09. The van der Waals surface area contributed by atoms with Gasteiger partial charge in [0.2, 0.25) is 0 Å². The number of rotatable bonds is 7. The molecule has 1 amide bonds. The van der Waals surface area contributed by atoms with Crippen molar-refractivity contribution in [3.05, 3.63) is 16.1 Å². The lowest BCUT2D eigenvalue weighted by molar-refractivity contribution is -0.140. The highest BCUT2D eigenvalue weighted by atomic mass is 32.1. The van der Waals surface area contributed by atoms with Gasteiger partial charge in [0.25, 0.3) is 5.91 Å². The molecule has 0 saturated heterocycles. The predicted octanol–water partition coefficient (Wildman–Crippen LogP) is 0.873. The van der Waals surface area contributed by atoms with E-state index in [1.807, 2.05) is 6.92 Å². The van der Waals surface area contributed by atoms with Gasteiger partial charge < -0.3 is 16.2 Å². The van der Waals surface area contributed by atoms with Crippen molar-refractivity contribution in [2.24, 2.45) is 11.7 Å². The maximum atomic E-state index is 11.9. The van der Waals surface area contributed by atoms with Crippen LogP contribution in [0.2, 0.25) is 0 Å². The summed E-state index contributed by atoms with van der Waals surface area (Å²) in [6.45, 7) is 4.15. The van der Waals surface area contributed by atoms with E-state index in [9.17, 15) is 9.59 Å². The Balaban J connectivity index is 2.73. The summed E-state index contributed by atoms with van der Waals surface area (Å²) in [4.78, 5) is 27.2. The number of amides is 1. The number of nitrogens with one attached hydrogen (secondary N) is 1. The van der Waals surface area contributed by atoms with Crippen LogP contribution in [0.4, 0.5) is 0 Å². The first-order valence-corrected chi connectivity index (χ1v) is 7.05. The van der Waals surface area contributed by atoms with E-state index in [4.69, 9.17) is 10.8 Å². The van der Waals surface area contributed by atoms with Gasteiger partial charge in [-0.2, -0.15) is 0 Å². The largest absolute Gasteiger partial charge is 0.480 e. The smallest absolute Gasteiger partial charge is 0.326 e. The molecule has 0 radical (unpaired) electrons. The molecule has 1 heterocycles. The summed E-state index contributed by atoms with van der Waals surface area (Å²) in [5.74, 6) is -1.61. The molecule has 19 heavy (non-hydrogen) atoms. The molecule has 0 fully saturated rings. The van der Waals surface area contributed by atoms with Crippen LogP contribution < -0.4 is 11.1 Å². The van der Waals surface area contributed by atoms with E-state index in [2.05, 4.69) is 10.3 Å². The number of hydrogen-bond acceptors (Lipinski definition) is 5. The van der Waals surface area contributed by atoms with E-state index in [1.165, 1.54) is 11.3 Å². The summed E-state index contributed by atoms with van der Waals surface area (Å²) in [5.41, 5.74) is 5.67. The van der Waals surface area contributed by atoms with Crippen molar-refractivity contribution in [1.82, 2.24) is 10.3 Å². The lowest BCUT2D eigenvalue weighted by Crippen LogP contribution is -2.45. The van der Waals surface area contributed by atoms with E-state index in [0.717, 1.165) is 5.01 Å². The molecule has 0 aliphatic rings. The van der Waals surface area contributed by atoms with Crippen molar-refractivity contribution in [2.75, 3.05) is 6.54 Å². The van der Waals surface area contributed by atoms with Gasteiger partial charge in [-0.05, 0) is 12.5 Å². The van der Waals surface area contributed by atoms with E-state index in [0.29, 0.717) is 19.4 Å². The zero-order valence-electron chi connectivity index (χ0n) is 11.0. The monoisotopic (exact) mass is 285 g/mol.